The van der Waals surface area contributed by atoms with E-state index >= 15 is 0 Å². The van der Waals surface area contributed by atoms with Crippen molar-refractivity contribution in [2.24, 2.45) is 5.92 Å². The van der Waals surface area contributed by atoms with Gasteiger partial charge in [0.15, 0.2) is 5.69 Å². The van der Waals surface area contributed by atoms with Gasteiger partial charge in [0, 0.05) is 31.7 Å². The maximum absolute atomic E-state index is 12.6. The molecule has 2 heterocycles. The molecule has 3 rings (SSSR count). The first-order chi connectivity index (χ1) is 12.3. The first-order valence-electron chi connectivity index (χ1n) is 9.02. The van der Waals surface area contributed by atoms with Crippen LogP contribution in [0.1, 0.15) is 44.2 Å². The number of alkyl halides is 3. The summed E-state index contributed by atoms with van der Waals surface area (Å²) in [4.78, 5) is 29.2. The monoisotopic (exact) mass is 372 g/mol. The molecule has 1 aromatic rings. The standard InChI is InChI=1S/C17H23F3N4O2/c18-17(19,20)14-9-15(25)24(11-21-14)10-12-5-7-23(8-6-12)16(26)22-13-3-1-2-4-13/h9,11-13H,1-8,10H2,(H,22,26). The number of carbonyl (C=O) groups is 1. The molecule has 0 unspecified atom stereocenters. The number of carbonyl (C=O) groups excluding carboxylic acids is 1. The van der Waals surface area contributed by atoms with Crippen LogP contribution in [0.4, 0.5) is 18.0 Å². The molecular formula is C17H23F3N4O2. The van der Waals surface area contributed by atoms with Crippen molar-refractivity contribution in [1.29, 1.82) is 0 Å². The van der Waals surface area contributed by atoms with Crippen LogP contribution in [0.2, 0.25) is 0 Å². The van der Waals surface area contributed by atoms with Gasteiger partial charge in [0.2, 0.25) is 0 Å². The quantitative estimate of drug-likeness (QED) is 0.887. The van der Waals surface area contributed by atoms with E-state index in [0.29, 0.717) is 38.5 Å². The van der Waals surface area contributed by atoms with Crippen LogP contribution >= 0.6 is 0 Å². The van der Waals surface area contributed by atoms with Crippen LogP contribution < -0.4 is 10.9 Å². The molecule has 2 amide bonds. The van der Waals surface area contributed by atoms with Gasteiger partial charge >= 0.3 is 12.2 Å². The van der Waals surface area contributed by atoms with Crippen LogP contribution in [-0.2, 0) is 12.7 Å². The molecule has 1 N–H and O–H groups in total. The smallest absolute Gasteiger partial charge is 0.335 e. The van der Waals surface area contributed by atoms with Crippen molar-refractivity contribution in [3.8, 4) is 0 Å². The molecule has 1 saturated heterocycles. The van der Waals surface area contributed by atoms with Crippen molar-refractivity contribution in [3.05, 3.63) is 28.4 Å². The number of amides is 2. The molecule has 1 aliphatic heterocycles. The molecule has 2 fully saturated rings. The summed E-state index contributed by atoms with van der Waals surface area (Å²) in [7, 11) is 0. The minimum absolute atomic E-state index is 0.0382. The van der Waals surface area contributed by atoms with Gasteiger partial charge in [-0.05, 0) is 31.6 Å². The fraction of sp³-hybridized carbons (Fsp3) is 0.706. The van der Waals surface area contributed by atoms with E-state index in [1.165, 1.54) is 4.57 Å². The van der Waals surface area contributed by atoms with Gasteiger partial charge in [-0.25, -0.2) is 9.78 Å². The number of urea groups is 1. The van der Waals surface area contributed by atoms with Crippen LogP contribution in [0.3, 0.4) is 0 Å². The highest BCUT2D eigenvalue weighted by Crippen LogP contribution is 2.26. The van der Waals surface area contributed by atoms with Gasteiger partial charge in [-0.3, -0.25) is 9.36 Å². The summed E-state index contributed by atoms with van der Waals surface area (Å²) in [6.45, 7) is 1.50. The molecule has 2 aliphatic rings. The zero-order valence-electron chi connectivity index (χ0n) is 14.5. The summed E-state index contributed by atoms with van der Waals surface area (Å²) in [6, 6.07) is 0.769. The van der Waals surface area contributed by atoms with Crippen LogP contribution in [0.5, 0.6) is 0 Å². The van der Waals surface area contributed by atoms with E-state index < -0.39 is 17.4 Å². The second-order valence-corrected chi connectivity index (χ2v) is 7.12. The Kier molecular flexibility index (Phi) is 5.52. The number of likely N-dealkylation sites (tertiary alicyclic amines) is 1. The Balaban J connectivity index is 1.51. The third kappa shape index (κ3) is 4.56. The normalized spacial score (nSPS) is 19.7. The summed E-state index contributed by atoms with van der Waals surface area (Å²) >= 11 is 0. The molecule has 0 aromatic carbocycles. The fourth-order valence-corrected chi connectivity index (χ4v) is 3.65. The number of nitrogens with one attached hydrogen (secondary N) is 1. The SMILES string of the molecule is O=C(NC1CCCC1)N1CCC(Cn2cnc(C(F)(F)F)cc2=O)CC1. The Hall–Kier alpha value is -2.06. The predicted octanol–water partition coefficient (Wildman–Crippen LogP) is 2.63. The topological polar surface area (TPSA) is 67.2 Å². The highest BCUT2D eigenvalue weighted by atomic mass is 19.4. The number of rotatable bonds is 3. The van der Waals surface area contributed by atoms with E-state index in [4.69, 9.17) is 0 Å². The zero-order valence-corrected chi connectivity index (χ0v) is 14.5. The predicted molar refractivity (Wildman–Crippen MR) is 88.6 cm³/mol. The fourth-order valence-electron chi connectivity index (χ4n) is 3.65. The molecule has 0 atom stereocenters. The van der Waals surface area contributed by atoms with Crippen molar-refractivity contribution in [2.75, 3.05) is 13.1 Å². The van der Waals surface area contributed by atoms with Gasteiger partial charge in [0.25, 0.3) is 5.56 Å². The summed E-state index contributed by atoms with van der Waals surface area (Å²) in [5.41, 5.74) is -1.87. The van der Waals surface area contributed by atoms with Crippen LogP contribution in [0.15, 0.2) is 17.2 Å². The Bertz CT molecular complexity index is 690. The van der Waals surface area contributed by atoms with E-state index in [0.717, 1.165) is 32.0 Å². The lowest BCUT2D eigenvalue weighted by atomic mass is 9.97. The van der Waals surface area contributed by atoms with Gasteiger partial charge in [0.1, 0.15) is 0 Å². The molecular weight excluding hydrogens is 349 g/mol. The van der Waals surface area contributed by atoms with E-state index in [-0.39, 0.29) is 18.0 Å². The highest BCUT2D eigenvalue weighted by molar-refractivity contribution is 5.74. The molecule has 144 valence electrons. The van der Waals surface area contributed by atoms with Crippen molar-refractivity contribution in [1.82, 2.24) is 19.8 Å². The van der Waals surface area contributed by atoms with Crippen LogP contribution in [-0.4, -0.2) is 39.6 Å². The molecule has 1 saturated carbocycles. The lowest BCUT2D eigenvalue weighted by Crippen LogP contribution is -2.47. The van der Waals surface area contributed by atoms with Gasteiger partial charge in [-0.15, -0.1) is 0 Å². The molecule has 26 heavy (non-hydrogen) atoms. The van der Waals surface area contributed by atoms with Crippen LogP contribution in [0, 0.1) is 5.92 Å². The second-order valence-electron chi connectivity index (χ2n) is 7.12. The summed E-state index contributed by atoms with van der Waals surface area (Å²) < 4.78 is 38.9. The van der Waals surface area contributed by atoms with E-state index in [9.17, 15) is 22.8 Å². The van der Waals surface area contributed by atoms with E-state index in [1.807, 2.05) is 0 Å². The first-order valence-corrected chi connectivity index (χ1v) is 9.02. The third-order valence-corrected chi connectivity index (χ3v) is 5.21. The minimum atomic E-state index is -4.61. The number of aromatic nitrogens is 2. The third-order valence-electron chi connectivity index (χ3n) is 5.21. The van der Waals surface area contributed by atoms with Crippen molar-refractivity contribution >= 4 is 6.03 Å². The summed E-state index contributed by atoms with van der Waals surface area (Å²) in [6.07, 6.45) is 2.15. The van der Waals surface area contributed by atoms with Gasteiger partial charge in [0.05, 0.1) is 6.33 Å². The van der Waals surface area contributed by atoms with E-state index in [2.05, 4.69) is 10.3 Å². The largest absolute Gasteiger partial charge is 0.433 e. The highest BCUT2D eigenvalue weighted by Gasteiger charge is 2.33. The average Bonchev–Trinajstić information content (AvgIpc) is 3.09. The Morgan fingerprint density at radius 2 is 1.85 bits per heavy atom. The van der Waals surface area contributed by atoms with Crippen LogP contribution in [0.25, 0.3) is 0 Å². The maximum atomic E-state index is 12.6. The lowest BCUT2D eigenvalue weighted by Gasteiger charge is -2.33. The Morgan fingerprint density at radius 3 is 2.42 bits per heavy atom. The number of hydrogen-bond donors (Lipinski definition) is 1. The zero-order chi connectivity index (χ0) is 18.7. The second kappa shape index (κ2) is 7.67. The average molecular weight is 372 g/mol. The minimum Gasteiger partial charge on any atom is -0.335 e. The van der Waals surface area contributed by atoms with Crippen molar-refractivity contribution in [3.63, 3.8) is 0 Å². The Morgan fingerprint density at radius 1 is 1.19 bits per heavy atom. The molecule has 0 bridgehead atoms. The molecule has 0 radical (unpaired) electrons. The molecule has 6 nitrogen and oxygen atoms in total. The Labute approximate surface area is 149 Å². The summed E-state index contributed by atoms with van der Waals surface area (Å²) in [5.74, 6) is 0.141. The van der Waals surface area contributed by atoms with Gasteiger partial charge in [-0.1, -0.05) is 12.8 Å². The molecule has 9 heteroatoms. The van der Waals surface area contributed by atoms with Gasteiger partial charge < -0.3 is 10.2 Å². The number of halogens is 3. The van der Waals surface area contributed by atoms with Crippen molar-refractivity contribution < 1.29 is 18.0 Å². The number of hydrogen-bond acceptors (Lipinski definition) is 3. The molecule has 1 aromatic heterocycles. The van der Waals surface area contributed by atoms with Gasteiger partial charge in [-0.2, -0.15) is 13.2 Å². The maximum Gasteiger partial charge on any atom is 0.433 e. The lowest BCUT2D eigenvalue weighted by molar-refractivity contribution is -0.141. The number of nitrogens with zero attached hydrogens (tertiary/aromatic N) is 3. The molecule has 1 aliphatic carbocycles. The van der Waals surface area contributed by atoms with Crippen molar-refractivity contribution in [2.45, 2.75) is 57.3 Å². The summed E-state index contributed by atoms with van der Waals surface area (Å²) in [5, 5.41) is 3.06. The first kappa shape index (κ1) is 18.7. The van der Waals surface area contributed by atoms with E-state index in [1.54, 1.807) is 4.90 Å². The number of piperidine rings is 1. The molecule has 0 spiro atoms.